The first-order chi connectivity index (χ1) is 12.3. The SMILES string of the molecule is C=Pc1ccc2ccccc2c1-c1c(NCC)ccc2ccccc12.[Ar].[Ar]. The minimum atomic E-state index is 0. The Morgan fingerprint density at radius 3 is 1.89 bits per heavy atom. The summed E-state index contributed by atoms with van der Waals surface area (Å²) in [6.07, 6.45) is 4.16. The van der Waals surface area contributed by atoms with Crippen LogP contribution in [-0.4, -0.2) is 12.8 Å². The second-order valence-corrected chi connectivity index (χ2v) is 6.88. The van der Waals surface area contributed by atoms with E-state index in [9.17, 15) is 0 Å². The van der Waals surface area contributed by atoms with Gasteiger partial charge in [0.15, 0.2) is 0 Å². The van der Waals surface area contributed by atoms with E-state index in [-0.39, 0.29) is 75.5 Å². The Hall–Kier alpha value is -0.111. The second kappa shape index (κ2) is 10.6. The molecule has 138 valence electrons. The molecule has 0 aliphatic carbocycles. The van der Waals surface area contributed by atoms with Crippen LogP contribution in [0.2, 0.25) is 0 Å². The summed E-state index contributed by atoms with van der Waals surface area (Å²) in [6.45, 7) is 3.04. The Morgan fingerprint density at radius 2 is 1.30 bits per heavy atom. The van der Waals surface area contributed by atoms with E-state index in [1.807, 2.05) is 0 Å². The van der Waals surface area contributed by atoms with Crippen molar-refractivity contribution in [2.75, 3.05) is 11.9 Å². The van der Waals surface area contributed by atoms with Gasteiger partial charge in [-0.25, -0.2) is 0 Å². The third-order valence-corrected chi connectivity index (χ3v) is 5.34. The monoisotopic (exact) mass is 421 g/mol. The molecule has 4 rings (SSSR count). The van der Waals surface area contributed by atoms with E-state index in [0.717, 1.165) is 14.7 Å². The van der Waals surface area contributed by atoms with Crippen LogP contribution in [0, 0.1) is 75.5 Å². The summed E-state index contributed by atoms with van der Waals surface area (Å²) in [5.74, 6) is 0. The predicted octanol–water partition coefficient (Wildman–Crippen LogP) is 6.10. The summed E-state index contributed by atoms with van der Waals surface area (Å²) in [7, 11) is 1.04. The van der Waals surface area contributed by atoms with Gasteiger partial charge in [-0.1, -0.05) is 75.2 Å². The summed E-state index contributed by atoms with van der Waals surface area (Å²) >= 11 is 0. The van der Waals surface area contributed by atoms with Crippen LogP contribution in [0.25, 0.3) is 32.7 Å². The molecule has 0 radical (unpaired) electrons. The van der Waals surface area contributed by atoms with Crippen molar-refractivity contribution in [1.82, 2.24) is 0 Å². The molecule has 0 atom stereocenters. The van der Waals surface area contributed by atoms with Crippen molar-refractivity contribution in [3.05, 3.63) is 72.8 Å². The Balaban J connectivity index is 0.00000131. The molecule has 1 nitrogen and oxygen atoms in total. The van der Waals surface area contributed by atoms with Crippen molar-refractivity contribution < 1.29 is 75.5 Å². The molecule has 0 bridgehead atoms. The molecule has 0 amide bonds. The van der Waals surface area contributed by atoms with Crippen LogP contribution < -0.4 is 10.6 Å². The second-order valence-electron chi connectivity index (χ2n) is 6.08. The van der Waals surface area contributed by atoms with Gasteiger partial charge in [0.05, 0.1) is 0 Å². The molecule has 0 aromatic heterocycles. The van der Waals surface area contributed by atoms with E-state index in [0.29, 0.717) is 0 Å². The number of benzene rings is 4. The minimum Gasteiger partial charge on any atom is -0.385 e. The number of fused-ring (bicyclic) bond motifs is 2. The molecule has 0 aliphatic rings. The van der Waals surface area contributed by atoms with Gasteiger partial charge in [0.1, 0.15) is 0 Å². The van der Waals surface area contributed by atoms with Crippen LogP contribution in [-0.2, 0) is 0 Å². The van der Waals surface area contributed by atoms with Crippen molar-refractivity contribution in [3.8, 4) is 11.1 Å². The van der Waals surface area contributed by atoms with Gasteiger partial charge in [0.25, 0.3) is 0 Å². The molecule has 4 heteroatoms. The first kappa shape index (κ1) is 23.2. The van der Waals surface area contributed by atoms with Gasteiger partial charge in [-0.15, -0.1) is 0 Å². The molecular formula is C23H20Ar2NP. The normalized spacial score (nSPS) is 10.4. The van der Waals surface area contributed by atoms with Crippen LogP contribution >= 0.6 is 8.20 Å². The smallest absolute Gasteiger partial charge is 0.0426 e. The molecule has 0 saturated carbocycles. The van der Waals surface area contributed by atoms with Crippen molar-refractivity contribution >= 4 is 47.0 Å². The van der Waals surface area contributed by atoms with E-state index >= 15 is 0 Å². The van der Waals surface area contributed by atoms with E-state index in [1.165, 1.54) is 43.7 Å². The first-order valence-corrected chi connectivity index (χ1v) is 9.66. The number of rotatable bonds is 4. The van der Waals surface area contributed by atoms with E-state index in [2.05, 4.69) is 91.3 Å². The van der Waals surface area contributed by atoms with Crippen molar-refractivity contribution in [1.29, 1.82) is 0 Å². The maximum Gasteiger partial charge on any atom is 0.0426 e. The quantitative estimate of drug-likeness (QED) is 0.393. The van der Waals surface area contributed by atoms with Crippen molar-refractivity contribution in [3.63, 3.8) is 0 Å². The minimum absolute atomic E-state index is 0. The third-order valence-electron chi connectivity index (χ3n) is 4.62. The van der Waals surface area contributed by atoms with Crippen LogP contribution in [0.3, 0.4) is 0 Å². The van der Waals surface area contributed by atoms with Crippen LogP contribution in [0.15, 0.2) is 72.8 Å². The Bertz CT molecular complexity index is 1090. The van der Waals surface area contributed by atoms with E-state index in [1.54, 1.807) is 0 Å². The van der Waals surface area contributed by atoms with Crippen molar-refractivity contribution in [2.24, 2.45) is 0 Å². The summed E-state index contributed by atoms with van der Waals surface area (Å²) in [4.78, 5) is 0. The number of nitrogens with one attached hydrogen (secondary N) is 1. The van der Waals surface area contributed by atoms with Gasteiger partial charge in [0, 0.05) is 104 Å². The summed E-state index contributed by atoms with van der Waals surface area (Å²) in [5, 5.41) is 9.91. The van der Waals surface area contributed by atoms with Gasteiger partial charge >= 0.3 is 0 Å². The first-order valence-electron chi connectivity index (χ1n) is 8.58. The molecule has 0 unspecified atom stereocenters. The van der Waals surface area contributed by atoms with Gasteiger partial charge in [-0.05, 0) is 40.6 Å². The molecule has 4 aromatic carbocycles. The van der Waals surface area contributed by atoms with E-state index < -0.39 is 0 Å². The zero-order valence-electron chi connectivity index (χ0n) is 15.0. The topological polar surface area (TPSA) is 12.0 Å². The third kappa shape index (κ3) is 4.57. The standard InChI is InChI=1S/C23H20NP.2Ar/c1-3-24-20-14-12-16-8-4-6-10-18(16)22(20)23-19-11-7-5-9-17(19)13-15-21(23)25-2;;/h4-15,24H,2-3H2,1H3;;. The van der Waals surface area contributed by atoms with Crippen LogP contribution in [0.1, 0.15) is 6.92 Å². The van der Waals surface area contributed by atoms with Crippen LogP contribution in [0.4, 0.5) is 5.69 Å². The number of anilines is 1. The number of hydrogen-bond acceptors (Lipinski definition) is 1. The average Bonchev–Trinajstić information content (AvgIpc) is 2.67. The maximum atomic E-state index is 4.16. The van der Waals surface area contributed by atoms with Gasteiger partial charge in [0.2, 0.25) is 0 Å². The van der Waals surface area contributed by atoms with E-state index in [4.69, 9.17) is 0 Å². The fourth-order valence-corrected chi connectivity index (χ4v) is 4.10. The van der Waals surface area contributed by atoms with Crippen molar-refractivity contribution in [2.45, 2.75) is 6.92 Å². The Morgan fingerprint density at radius 1 is 0.741 bits per heavy atom. The summed E-state index contributed by atoms with van der Waals surface area (Å²) < 4.78 is 0. The zero-order chi connectivity index (χ0) is 17.2. The Labute approximate surface area is 222 Å². The fraction of sp³-hybridized carbons (Fsp3) is 0.0870. The summed E-state index contributed by atoms with van der Waals surface area (Å²) in [6, 6.07) is 26.0. The average molecular weight is 421 g/mol. The molecule has 0 spiro atoms. The fourth-order valence-electron chi connectivity index (χ4n) is 3.53. The molecule has 4 aromatic rings. The van der Waals surface area contributed by atoms with Gasteiger partial charge in [-0.2, -0.15) is 0 Å². The molecular weight excluding hydrogens is 401 g/mol. The molecule has 0 aliphatic heterocycles. The molecule has 0 saturated heterocycles. The van der Waals surface area contributed by atoms with Gasteiger partial charge in [-0.3, -0.25) is 0 Å². The van der Waals surface area contributed by atoms with Gasteiger partial charge < -0.3 is 5.32 Å². The predicted molar refractivity (Wildman–Crippen MR) is 115 cm³/mol. The molecule has 0 heterocycles. The van der Waals surface area contributed by atoms with Crippen LogP contribution in [0.5, 0.6) is 0 Å². The number of hydrogen-bond donors (Lipinski definition) is 1. The Kier molecular flexibility index (Phi) is 9.10. The largest absolute Gasteiger partial charge is 0.385 e. The summed E-state index contributed by atoms with van der Waals surface area (Å²) in [5.41, 5.74) is 3.76. The molecule has 0 fully saturated rings. The molecule has 1 N–H and O–H groups in total. The zero-order valence-corrected chi connectivity index (χ0v) is 17.3. The maximum absolute atomic E-state index is 4.16. The molecule has 27 heavy (non-hydrogen) atoms.